The maximum absolute atomic E-state index is 11.9. The summed E-state index contributed by atoms with van der Waals surface area (Å²) in [6, 6.07) is 19.4. The van der Waals surface area contributed by atoms with Crippen molar-refractivity contribution in [2.45, 2.75) is 6.61 Å². The van der Waals surface area contributed by atoms with Crippen molar-refractivity contribution in [1.29, 1.82) is 0 Å². The second-order valence-electron chi connectivity index (χ2n) is 4.94. The lowest BCUT2D eigenvalue weighted by Gasteiger charge is -2.07. The minimum atomic E-state index is -0.187. The van der Waals surface area contributed by atoms with E-state index in [1.807, 2.05) is 60.7 Å². The largest absolute Gasteiger partial charge is 0.367 e. The van der Waals surface area contributed by atoms with Crippen molar-refractivity contribution >= 4 is 22.5 Å². The maximum atomic E-state index is 11.9. The number of hydrogen-bond donors (Lipinski definition) is 1. The van der Waals surface area contributed by atoms with E-state index < -0.39 is 0 Å². The summed E-state index contributed by atoms with van der Waals surface area (Å²) >= 11 is 0. The number of para-hydroxylation sites is 1. The highest BCUT2D eigenvalue weighted by atomic mass is 16.5. The van der Waals surface area contributed by atoms with Crippen LogP contribution in [0.25, 0.3) is 10.9 Å². The average Bonchev–Trinajstić information content (AvgIpc) is 2.56. The van der Waals surface area contributed by atoms with Crippen LogP contribution in [0.5, 0.6) is 0 Å². The van der Waals surface area contributed by atoms with E-state index >= 15 is 0 Å². The Hall–Kier alpha value is -2.72. The number of anilines is 1. The minimum absolute atomic E-state index is 0.0156. The van der Waals surface area contributed by atoms with Gasteiger partial charge in [-0.15, -0.1) is 0 Å². The number of carbonyl (C=O) groups is 1. The standard InChI is InChI=1S/C18H16N2O2/c21-18(13-22-12-14-6-2-1-3-7-14)20-16-10-15-8-4-5-9-17(15)19-11-16/h1-11H,12-13H2,(H,20,21). The molecule has 1 aromatic heterocycles. The number of nitrogens with zero attached hydrogens (tertiary/aromatic N) is 1. The van der Waals surface area contributed by atoms with Gasteiger partial charge in [-0.1, -0.05) is 48.5 Å². The number of fused-ring (bicyclic) bond motifs is 1. The lowest BCUT2D eigenvalue weighted by Crippen LogP contribution is -2.18. The van der Waals surface area contributed by atoms with Crippen molar-refractivity contribution in [1.82, 2.24) is 4.98 Å². The molecule has 0 unspecified atom stereocenters. The van der Waals surface area contributed by atoms with Gasteiger partial charge in [0.05, 0.1) is 24.0 Å². The zero-order chi connectivity index (χ0) is 15.2. The third-order valence-electron chi connectivity index (χ3n) is 3.22. The Bertz CT molecular complexity index is 772. The average molecular weight is 292 g/mol. The molecule has 2 aromatic carbocycles. The number of aromatic nitrogens is 1. The van der Waals surface area contributed by atoms with E-state index in [2.05, 4.69) is 10.3 Å². The van der Waals surface area contributed by atoms with Crippen molar-refractivity contribution in [2.24, 2.45) is 0 Å². The Morgan fingerprint density at radius 2 is 1.82 bits per heavy atom. The van der Waals surface area contributed by atoms with Gasteiger partial charge in [-0.05, 0) is 17.7 Å². The van der Waals surface area contributed by atoms with Gasteiger partial charge in [0.15, 0.2) is 0 Å². The molecule has 0 aliphatic rings. The predicted molar refractivity (Wildman–Crippen MR) is 86.5 cm³/mol. The highest BCUT2D eigenvalue weighted by Crippen LogP contribution is 2.15. The second kappa shape index (κ2) is 6.83. The third kappa shape index (κ3) is 3.68. The number of carbonyl (C=O) groups excluding carboxylic acids is 1. The van der Waals surface area contributed by atoms with Crippen LogP contribution in [0.3, 0.4) is 0 Å². The van der Waals surface area contributed by atoms with Gasteiger partial charge >= 0.3 is 0 Å². The number of amides is 1. The van der Waals surface area contributed by atoms with Gasteiger partial charge in [0.2, 0.25) is 5.91 Å². The molecule has 22 heavy (non-hydrogen) atoms. The first kappa shape index (κ1) is 14.2. The summed E-state index contributed by atoms with van der Waals surface area (Å²) in [4.78, 5) is 16.2. The first-order valence-electron chi connectivity index (χ1n) is 7.07. The highest BCUT2D eigenvalue weighted by molar-refractivity contribution is 5.93. The van der Waals surface area contributed by atoms with Gasteiger partial charge in [-0.2, -0.15) is 0 Å². The van der Waals surface area contributed by atoms with Crippen LogP contribution in [0.2, 0.25) is 0 Å². The molecule has 0 aliphatic carbocycles. The van der Waals surface area contributed by atoms with Crippen LogP contribution in [0, 0.1) is 0 Å². The van der Waals surface area contributed by atoms with Crippen LogP contribution in [0.1, 0.15) is 5.56 Å². The third-order valence-corrected chi connectivity index (χ3v) is 3.22. The van der Waals surface area contributed by atoms with E-state index in [-0.39, 0.29) is 12.5 Å². The van der Waals surface area contributed by atoms with Gasteiger partial charge in [-0.25, -0.2) is 0 Å². The van der Waals surface area contributed by atoms with Crippen LogP contribution >= 0.6 is 0 Å². The van der Waals surface area contributed by atoms with E-state index in [1.165, 1.54) is 0 Å². The molecule has 0 bridgehead atoms. The predicted octanol–water partition coefficient (Wildman–Crippen LogP) is 3.39. The van der Waals surface area contributed by atoms with Crippen molar-refractivity contribution in [3.8, 4) is 0 Å². The monoisotopic (exact) mass is 292 g/mol. The van der Waals surface area contributed by atoms with Crippen LogP contribution in [-0.2, 0) is 16.1 Å². The quantitative estimate of drug-likeness (QED) is 0.784. The number of rotatable bonds is 5. The van der Waals surface area contributed by atoms with E-state index in [9.17, 15) is 4.79 Å². The fraction of sp³-hybridized carbons (Fsp3) is 0.111. The molecule has 0 fully saturated rings. The Balaban J connectivity index is 1.54. The lowest BCUT2D eigenvalue weighted by atomic mass is 10.2. The highest BCUT2D eigenvalue weighted by Gasteiger charge is 2.04. The van der Waals surface area contributed by atoms with Crippen LogP contribution in [0.15, 0.2) is 66.9 Å². The summed E-state index contributed by atoms with van der Waals surface area (Å²) in [7, 11) is 0. The summed E-state index contributed by atoms with van der Waals surface area (Å²) in [5.74, 6) is -0.187. The van der Waals surface area contributed by atoms with E-state index in [1.54, 1.807) is 6.20 Å². The molecular formula is C18H16N2O2. The molecule has 4 heteroatoms. The molecule has 1 amide bonds. The SMILES string of the molecule is O=C(COCc1ccccc1)Nc1cnc2ccccc2c1. The number of pyridine rings is 1. The van der Waals surface area contributed by atoms with Crippen molar-refractivity contribution in [3.05, 3.63) is 72.4 Å². The summed E-state index contributed by atoms with van der Waals surface area (Å²) in [6.45, 7) is 0.436. The normalized spacial score (nSPS) is 10.5. The maximum Gasteiger partial charge on any atom is 0.250 e. The number of nitrogens with one attached hydrogen (secondary N) is 1. The van der Waals surface area contributed by atoms with E-state index in [4.69, 9.17) is 4.74 Å². The fourth-order valence-electron chi connectivity index (χ4n) is 2.17. The zero-order valence-electron chi connectivity index (χ0n) is 12.0. The van der Waals surface area contributed by atoms with Crippen molar-refractivity contribution in [2.75, 3.05) is 11.9 Å². The number of hydrogen-bond acceptors (Lipinski definition) is 3. The summed E-state index contributed by atoms with van der Waals surface area (Å²) in [5, 5.41) is 3.79. The molecule has 0 saturated heterocycles. The van der Waals surface area contributed by atoms with Crippen molar-refractivity contribution in [3.63, 3.8) is 0 Å². The van der Waals surface area contributed by atoms with Gasteiger partial charge in [0.1, 0.15) is 6.61 Å². The molecule has 3 aromatic rings. The topological polar surface area (TPSA) is 51.2 Å². The molecule has 0 atom stereocenters. The van der Waals surface area contributed by atoms with E-state index in [0.717, 1.165) is 16.5 Å². The van der Waals surface area contributed by atoms with Gasteiger partial charge in [0.25, 0.3) is 0 Å². The van der Waals surface area contributed by atoms with Crippen LogP contribution < -0.4 is 5.32 Å². The first-order chi connectivity index (χ1) is 10.8. The smallest absolute Gasteiger partial charge is 0.250 e. The lowest BCUT2D eigenvalue weighted by molar-refractivity contribution is -0.121. The summed E-state index contributed by atoms with van der Waals surface area (Å²) < 4.78 is 5.41. The molecule has 0 radical (unpaired) electrons. The molecule has 0 spiro atoms. The molecule has 0 aliphatic heterocycles. The van der Waals surface area contributed by atoms with Crippen molar-refractivity contribution < 1.29 is 9.53 Å². The molecule has 4 nitrogen and oxygen atoms in total. The number of benzene rings is 2. The van der Waals surface area contributed by atoms with Crippen LogP contribution in [0.4, 0.5) is 5.69 Å². The molecule has 1 heterocycles. The molecule has 0 saturated carbocycles. The second-order valence-corrected chi connectivity index (χ2v) is 4.94. The summed E-state index contributed by atoms with van der Waals surface area (Å²) in [6.07, 6.45) is 1.65. The molecule has 3 rings (SSSR count). The Labute approximate surface area is 128 Å². The molecular weight excluding hydrogens is 276 g/mol. The van der Waals surface area contributed by atoms with Gasteiger partial charge < -0.3 is 10.1 Å². The zero-order valence-corrected chi connectivity index (χ0v) is 12.0. The van der Waals surface area contributed by atoms with Crippen LogP contribution in [-0.4, -0.2) is 17.5 Å². The number of ether oxygens (including phenoxy) is 1. The Kier molecular flexibility index (Phi) is 4.41. The van der Waals surface area contributed by atoms with Gasteiger partial charge in [0, 0.05) is 5.39 Å². The van der Waals surface area contributed by atoms with E-state index in [0.29, 0.717) is 12.3 Å². The summed E-state index contributed by atoms with van der Waals surface area (Å²) in [5.41, 5.74) is 2.62. The fourth-order valence-corrected chi connectivity index (χ4v) is 2.17. The Morgan fingerprint density at radius 1 is 1.05 bits per heavy atom. The molecule has 110 valence electrons. The Morgan fingerprint density at radius 3 is 2.68 bits per heavy atom. The molecule has 1 N–H and O–H groups in total. The minimum Gasteiger partial charge on any atom is -0.367 e. The van der Waals surface area contributed by atoms with Gasteiger partial charge in [-0.3, -0.25) is 9.78 Å². The first-order valence-corrected chi connectivity index (χ1v) is 7.07.